The van der Waals surface area contributed by atoms with Gasteiger partial charge >= 0.3 is 0 Å². The van der Waals surface area contributed by atoms with Crippen LogP contribution in [0, 0.1) is 11.8 Å². The molecule has 1 atom stereocenters. The van der Waals surface area contributed by atoms with E-state index in [0.29, 0.717) is 39.1 Å². The fraction of sp³-hybridized carbons (Fsp3) is 0.167. The second-order valence-electron chi connectivity index (χ2n) is 7.87. The van der Waals surface area contributed by atoms with Gasteiger partial charge in [-0.25, -0.2) is 14.5 Å². The molecule has 9 nitrogen and oxygen atoms in total. The molecule has 0 saturated carbocycles. The molecule has 1 fully saturated rings. The van der Waals surface area contributed by atoms with Crippen LogP contribution in [0.2, 0.25) is 5.02 Å². The van der Waals surface area contributed by atoms with E-state index in [9.17, 15) is 4.79 Å². The summed E-state index contributed by atoms with van der Waals surface area (Å²) in [4.78, 5) is 27.7. The summed E-state index contributed by atoms with van der Waals surface area (Å²) in [5.41, 5.74) is 2.16. The first-order valence-electron chi connectivity index (χ1n) is 10.7. The van der Waals surface area contributed by atoms with Gasteiger partial charge in [-0.05, 0) is 24.6 Å². The number of benzene rings is 1. The Kier molecular flexibility index (Phi) is 4.83. The van der Waals surface area contributed by atoms with Gasteiger partial charge in [0, 0.05) is 18.9 Å². The van der Waals surface area contributed by atoms with Gasteiger partial charge in [-0.2, -0.15) is 5.10 Å². The van der Waals surface area contributed by atoms with Gasteiger partial charge < -0.3 is 15.0 Å². The number of aliphatic hydroxyl groups is 1. The Bertz CT molecular complexity index is 1660. The fourth-order valence-corrected chi connectivity index (χ4v) is 4.62. The van der Waals surface area contributed by atoms with E-state index in [1.807, 2.05) is 30.3 Å². The van der Waals surface area contributed by atoms with E-state index in [4.69, 9.17) is 21.8 Å². The predicted octanol–water partition coefficient (Wildman–Crippen LogP) is 2.71. The normalized spacial score (nSPS) is 15.4. The number of H-pyrrole nitrogens is 1. The van der Waals surface area contributed by atoms with Crippen molar-refractivity contribution >= 4 is 34.0 Å². The van der Waals surface area contributed by atoms with E-state index in [1.165, 1.54) is 6.33 Å². The highest BCUT2D eigenvalue weighted by molar-refractivity contribution is 6.33. The topological polar surface area (TPSA) is 104 Å². The number of aromatic nitrogens is 6. The molecule has 1 saturated heterocycles. The van der Waals surface area contributed by atoms with Gasteiger partial charge in [0.1, 0.15) is 29.9 Å². The van der Waals surface area contributed by atoms with Crippen LogP contribution in [0.1, 0.15) is 23.9 Å². The van der Waals surface area contributed by atoms with Crippen molar-refractivity contribution in [3.63, 3.8) is 0 Å². The van der Waals surface area contributed by atoms with Gasteiger partial charge in [0.15, 0.2) is 5.82 Å². The van der Waals surface area contributed by atoms with E-state index in [2.05, 4.69) is 31.7 Å². The number of para-hydroxylation sites is 1. The summed E-state index contributed by atoms with van der Waals surface area (Å²) in [6, 6.07) is 10.9. The molecule has 0 amide bonds. The van der Waals surface area contributed by atoms with Crippen LogP contribution in [0.3, 0.4) is 0 Å². The van der Waals surface area contributed by atoms with Crippen molar-refractivity contribution in [3.05, 3.63) is 81.9 Å². The Morgan fingerprint density at radius 2 is 2.06 bits per heavy atom. The Balaban J connectivity index is 1.55. The Morgan fingerprint density at radius 1 is 1.21 bits per heavy atom. The molecular formula is C24H18ClN7O2. The van der Waals surface area contributed by atoms with E-state index in [0.717, 1.165) is 18.4 Å². The number of nitrogens with one attached hydrogen (secondary N) is 1. The molecule has 4 aromatic heterocycles. The number of hydrogen-bond acceptors (Lipinski definition) is 6. The second-order valence-corrected chi connectivity index (χ2v) is 8.28. The summed E-state index contributed by atoms with van der Waals surface area (Å²) in [7, 11) is 0. The lowest BCUT2D eigenvalue weighted by Gasteiger charge is -2.42. The van der Waals surface area contributed by atoms with Crippen LogP contribution in [-0.2, 0) is 0 Å². The monoisotopic (exact) mass is 471 g/mol. The lowest BCUT2D eigenvalue weighted by molar-refractivity contribution is 0.350. The molecule has 1 aromatic carbocycles. The van der Waals surface area contributed by atoms with Gasteiger partial charge in [0.05, 0.1) is 27.7 Å². The van der Waals surface area contributed by atoms with Gasteiger partial charge in [-0.15, -0.1) is 0 Å². The molecular weight excluding hydrogens is 454 g/mol. The highest BCUT2D eigenvalue weighted by Gasteiger charge is 2.37. The Morgan fingerprint density at radius 3 is 2.82 bits per heavy atom. The number of rotatable bonds is 3. The SMILES string of the molecule is O=c1c2c(Cl)ccn2nc([C@@H]2CCN2c2ncnc3[nH]cc(C#CCO)c23)n1-c1ccccc1. The molecule has 34 heavy (non-hydrogen) atoms. The Labute approximate surface area is 198 Å². The Hall–Kier alpha value is -4.13. The van der Waals surface area contributed by atoms with Crippen LogP contribution in [0.5, 0.6) is 0 Å². The second kappa shape index (κ2) is 8.02. The van der Waals surface area contributed by atoms with Crippen molar-refractivity contribution in [2.75, 3.05) is 18.1 Å². The summed E-state index contributed by atoms with van der Waals surface area (Å²) >= 11 is 6.32. The third-order valence-corrected chi connectivity index (χ3v) is 6.32. The average molecular weight is 472 g/mol. The molecule has 1 aliphatic rings. The standard InChI is InChI=1S/C24H18ClN7O2/c25-17-8-11-31-20(17)24(34)32(16-6-2-1-3-7-16)22(29-31)18-9-10-30(18)23-19-15(5-4-12-33)13-26-21(19)27-14-28-23/h1-3,6-8,11,13-14,18,33H,9-10,12H2,(H,26,27,28)/t18-/m0/s1. The number of hydrogen-bond donors (Lipinski definition) is 2. The number of halogens is 1. The molecule has 2 N–H and O–H groups in total. The number of aliphatic hydroxyl groups excluding tert-OH is 1. The molecule has 0 radical (unpaired) electrons. The van der Waals surface area contributed by atoms with Crippen LogP contribution in [-0.4, -0.2) is 47.4 Å². The lowest BCUT2D eigenvalue weighted by atomic mass is 10.0. The molecule has 0 bridgehead atoms. The largest absolute Gasteiger partial charge is 0.384 e. The summed E-state index contributed by atoms with van der Waals surface area (Å²) in [5, 5.41) is 15.1. The van der Waals surface area contributed by atoms with Crippen molar-refractivity contribution in [1.29, 1.82) is 0 Å². The molecule has 5 heterocycles. The van der Waals surface area contributed by atoms with Gasteiger partial charge in [-0.1, -0.05) is 41.6 Å². The maximum Gasteiger partial charge on any atom is 0.284 e. The van der Waals surface area contributed by atoms with Crippen LogP contribution in [0.15, 0.2) is 59.9 Å². The first-order chi connectivity index (χ1) is 16.7. The number of anilines is 1. The van der Waals surface area contributed by atoms with E-state index < -0.39 is 0 Å². The van der Waals surface area contributed by atoms with Gasteiger partial charge in [0.2, 0.25) is 0 Å². The maximum absolute atomic E-state index is 13.6. The number of nitrogens with zero attached hydrogens (tertiary/aromatic N) is 6. The van der Waals surface area contributed by atoms with Crippen LogP contribution in [0.25, 0.3) is 22.2 Å². The highest BCUT2D eigenvalue weighted by Crippen LogP contribution is 2.39. The maximum atomic E-state index is 13.6. The molecule has 168 valence electrons. The zero-order valence-electron chi connectivity index (χ0n) is 17.8. The predicted molar refractivity (Wildman–Crippen MR) is 128 cm³/mol. The van der Waals surface area contributed by atoms with E-state index >= 15 is 0 Å². The number of fused-ring (bicyclic) bond motifs is 2. The quantitative estimate of drug-likeness (QED) is 0.392. The minimum absolute atomic E-state index is 0.204. The van der Waals surface area contributed by atoms with Gasteiger partial charge in [-0.3, -0.25) is 9.36 Å². The van der Waals surface area contributed by atoms with Crippen molar-refractivity contribution in [3.8, 4) is 17.5 Å². The molecule has 0 aliphatic carbocycles. The lowest BCUT2D eigenvalue weighted by Crippen LogP contribution is -2.45. The molecule has 0 unspecified atom stereocenters. The summed E-state index contributed by atoms with van der Waals surface area (Å²) in [5.74, 6) is 6.94. The summed E-state index contributed by atoms with van der Waals surface area (Å²) in [6.07, 6.45) is 5.73. The van der Waals surface area contributed by atoms with Crippen LogP contribution < -0.4 is 10.5 Å². The zero-order valence-corrected chi connectivity index (χ0v) is 18.6. The van der Waals surface area contributed by atoms with Crippen molar-refractivity contribution in [2.24, 2.45) is 0 Å². The van der Waals surface area contributed by atoms with Gasteiger partial charge in [0.25, 0.3) is 5.56 Å². The molecule has 1 aliphatic heterocycles. The van der Waals surface area contributed by atoms with Crippen molar-refractivity contribution in [2.45, 2.75) is 12.5 Å². The summed E-state index contributed by atoms with van der Waals surface area (Å²) in [6.45, 7) is 0.485. The number of aromatic amines is 1. The van der Waals surface area contributed by atoms with Crippen LogP contribution >= 0.6 is 11.6 Å². The van der Waals surface area contributed by atoms with Crippen molar-refractivity contribution < 1.29 is 5.11 Å². The van der Waals surface area contributed by atoms with E-state index in [1.54, 1.807) is 27.5 Å². The highest BCUT2D eigenvalue weighted by atomic mass is 35.5. The summed E-state index contributed by atoms with van der Waals surface area (Å²) < 4.78 is 3.17. The smallest absolute Gasteiger partial charge is 0.284 e. The van der Waals surface area contributed by atoms with E-state index in [-0.39, 0.29) is 18.2 Å². The minimum atomic E-state index is -0.241. The van der Waals surface area contributed by atoms with Crippen molar-refractivity contribution in [1.82, 2.24) is 29.1 Å². The zero-order chi connectivity index (χ0) is 23.2. The molecule has 0 spiro atoms. The third kappa shape index (κ3) is 3.08. The molecule has 10 heteroatoms. The van der Waals surface area contributed by atoms with Crippen LogP contribution in [0.4, 0.5) is 5.82 Å². The first-order valence-corrected chi connectivity index (χ1v) is 11.1. The third-order valence-electron chi connectivity index (χ3n) is 6.02. The molecule has 5 aromatic rings. The fourth-order valence-electron chi connectivity index (χ4n) is 4.40. The average Bonchev–Trinajstić information content (AvgIpc) is 3.42. The first kappa shape index (κ1) is 20.5. The minimum Gasteiger partial charge on any atom is -0.384 e. The molecule has 6 rings (SSSR count).